The van der Waals surface area contributed by atoms with E-state index in [1.807, 2.05) is 4.57 Å². The Hall–Kier alpha value is -4.27. The molecule has 0 spiro atoms. The number of benzene rings is 2. The lowest BCUT2D eigenvalue weighted by atomic mass is 10.0. The average molecular weight is 458 g/mol. The van der Waals surface area contributed by atoms with Crippen LogP contribution < -0.4 is 16.4 Å². The van der Waals surface area contributed by atoms with Gasteiger partial charge in [0.25, 0.3) is 0 Å². The molecule has 0 atom stereocenters. The number of rotatable bonds is 6. The van der Waals surface area contributed by atoms with Gasteiger partial charge >= 0.3 is 6.03 Å². The number of halogens is 1. The van der Waals surface area contributed by atoms with Crippen molar-refractivity contribution in [2.75, 3.05) is 16.4 Å². The van der Waals surface area contributed by atoms with E-state index in [9.17, 15) is 14.0 Å². The van der Waals surface area contributed by atoms with Gasteiger partial charge in [0.15, 0.2) is 5.78 Å². The number of fused-ring (bicyclic) bond motifs is 1. The molecule has 34 heavy (non-hydrogen) atoms. The molecule has 2 aromatic carbocycles. The van der Waals surface area contributed by atoms with E-state index in [0.717, 1.165) is 24.9 Å². The Morgan fingerprint density at radius 1 is 1.15 bits per heavy atom. The Bertz CT molecular complexity index is 1430. The van der Waals surface area contributed by atoms with E-state index >= 15 is 0 Å². The zero-order chi connectivity index (χ0) is 23.8. The summed E-state index contributed by atoms with van der Waals surface area (Å²) in [5.41, 5.74) is 8.81. The van der Waals surface area contributed by atoms with E-state index in [1.54, 1.807) is 49.5 Å². The van der Waals surface area contributed by atoms with Gasteiger partial charge in [0.2, 0.25) is 0 Å². The summed E-state index contributed by atoms with van der Waals surface area (Å²) in [6.07, 6.45) is 5.50. The van der Waals surface area contributed by atoms with E-state index in [0.29, 0.717) is 33.8 Å². The molecule has 0 saturated heterocycles. The number of hydrogen-bond acceptors (Lipinski definition) is 5. The first kappa shape index (κ1) is 21.6. The molecular weight excluding hydrogens is 435 g/mol. The van der Waals surface area contributed by atoms with Crippen LogP contribution in [0.15, 0.2) is 55.0 Å². The second kappa shape index (κ2) is 8.58. The van der Waals surface area contributed by atoms with E-state index in [1.165, 1.54) is 12.4 Å². The molecule has 0 aliphatic heterocycles. The number of urea groups is 1. The second-order valence-electron chi connectivity index (χ2n) is 8.57. The third-order valence-corrected chi connectivity index (χ3v) is 5.83. The minimum absolute atomic E-state index is 0.0729. The summed E-state index contributed by atoms with van der Waals surface area (Å²) in [6, 6.07) is 10.4. The van der Waals surface area contributed by atoms with Crippen molar-refractivity contribution in [1.82, 2.24) is 14.5 Å². The fourth-order valence-corrected chi connectivity index (χ4v) is 3.95. The number of ketones is 1. The molecule has 0 radical (unpaired) electrons. The Morgan fingerprint density at radius 3 is 2.76 bits per heavy atom. The molecule has 1 fully saturated rings. The van der Waals surface area contributed by atoms with Gasteiger partial charge in [-0.1, -0.05) is 18.2 Å². The van der Waals surface area contributed by atoms with Gasteiger partial charge in [-0.2, -0.15) is 0 Å². The van der Waals surface area contributed by atoms with Crippen molar-refractivity contribution in [3.63, 3.8) is 0 Å². The Kier molecular flexibility index (Phi) is 5.45. The zero-order valence-electron chi connectivity index (χ0n) is 18.5. The lowest BCUT2D eigenvalue weighted by Gasteiger charge is -2.10. The highest BCUT2D eigenvalue weighted by atomic mass is 19.1. The highest BCUT2D eigenvalue weighted by Crippen LogP contribution is 2.34. The van der Waals surface area contributed by atoms with Crippen LogP contribution in [-0.2, 0) is 6.54 Å². The monoisotopic (exact) mass is 458 g/mol. The first-order valence-electron chi connectivity index (χ1n) is 11.0. The molecule has 0 bridgehead atoms. The summed E-state index contributed by atoms with van der Waals surface area (Å²) >= 11 is 0. The molecule has 5 rings (SSSR count). The number of anilines is 3. The van der Waals surface area contributed by atoms with Crippen molar-refractivity contribution >= 4 is 40.0 Å². The largest absolute Gasteiger partial charge is 0.383 e. The summed E-state index contributed by atoms with van der Waals surface area (Å²) in [4.78, 5) is 34.3. The number of nitrogen functional groups attached to an aromatic ring is 1. The van der Waals surface area contributed by atoms with Gasteiger partial charge in [-0.3, -0.25) is 4.79 Å². The molecule has 1 aliphatic carbocycles. The zero-order valence-corrected chi connectivity index (χ0v) is 18.5. The highest BCUT2D eigenvalue weighted by Gasteiger charge is 2.26. The Morgan fingerprint density at radius 2 is 1.97 bits per heavy atom. The van der Waals surface area contributed by atoms with Crippen LogP contribution in [-0.4, -0.2) is 26.3 Å². The quantitative estimate of drug-likeness (QED) is 0.361. The maximum Gasteiger partial charge on any atom is 0.323 e. The molecule has 9 heteroatoms. The first-order chi connectivity index (χ1) is 16.4. The smallest absolute Gasteiger partial charge is 0.323 e. The summed E-state index contributed by atoms with van der Waals surface area (Å²) in [7, 11) is 0. The topological polar surface area (TPSA) is 115 Å². The number of amides is 2. The maximum atomic E-state index is 14.0. The molecule has 1 aliphatic rings. The van der Waals surface area contributed by atoms with Crippen LogP contribution in [0.5, 0.6) is 0 Å². The van der Waals surface area contributed by atoms with Gasteiger partial charge in [-0.25, -0.2) is 19.2 Å². The van der Waals surface area contributed by atoms with Crippen LogP contribution in [0, 0.1) is 18.7 Å². The minimum atomic E-state index is -0.618. The van der Waals surface area contributed by atoms with Gasteiger partial charge < -0.3 is 20.9 Å². The number of carbonyl (C=O) groups excluding carboxylic acids is 2. The number of aryl methyl sites for hydroxylation is 1. The number of nitrogens with one attached hydrogen (secondary N) is 2. The molecule has 2 heterocycles. The second-order valence-corrected chi connectivity index (χ2v) is 8.57. The van der Waals surface area contributed by atoms with Gasteiger partial charge in [0.05, 0.1) is 16.6 Å². The van der Waals surface area contributed by atoms with Gasteiger partial charge in [0.1, 0.15) is 23.6 Å². The Balaban J connectivity index is 1.40. The summed E-state index contributed by atoms with van der Waals surface area (Å²) in [6.45, 7) is 2.58. The van der Waals surface area contributed by atoms with Crippen LogP contribution in [0.2, 0.25) is 0 Å². The van der Waals surface area contributed by atoms with Crippen molar-refractivity contribution < 1.29 is 14.0 Å². The third kappa shape index (κ3) is 4.32. The van der Waals surface area contributed by atoms with E-state index in [4.69, 9.17) is 5.73 Å². The van der Waals surface area contributed by atoms with Crippen LogP contribution in [0.3, 0.4) is 0 Å². The molecule has 172 valence electrons. The number of nitrogens with two attached hydrogens (primary N) is 1. The van der Waals surface area contributed by atoms with Gasteiger partial charge in [-0.05, 0) is 55.5 Å². The summed E-state index contributed by atoms with van der Waals surface area (Å²) < 4.78 is 15.9. The molecule has 4 N–H and O–H groups in total. The molecule has 2 aromatic heterocycles. The van der Waals surface area contributed by atoms with Crippen molar-refractivity contribution in [2.24, 2.45) is 5.92 Å². The average Bonchev–Trinajstić information content (AvgIpc) is 3.55. The number of aromatic nitrogens is 3. The molecular formula is C25H23FN6O2. The van der Waals surface area contributed by atoms with E-state index < -0.39 is 11.8 Å². The molecule has 0 unspecified atom stereocenters. The summed E-state index contributed by atoms with van der Waals surface area (Å²) in [5, 5.41) is 5.67. The van der Waals surface area contributed by atoms with Crippen LogP contribution in [0.25, 0.3) is 11.0 Å². The van der Waals surface area contributed by atoms with Crippen molar-refractivity contribution in [3.05, 3.63) is 77.5 Å². The molecule has 1 saturated carbocycles. The molecule has 4 aromatic rings. The van der Waals surface area contributed by atoms with E-state index in [-0.39, 0.29) is 17.3 Å². The minimum Gasteiger partial charge on any atom is -0.383 e. The van der Waals surface area contributed by atoms with E-state index in [2.05, 4.69) is 20.6 Å². The third-order valence-electron chi connectivity index (χ3n) is 5.83. The molecule has 2 amide bonds. The van der Waals surface area contributed by atoms with Crippen molar-refractivity contribution in [3.8, 4) is 0 Å². The van der Waals surface area contributed by atoms with Gasteiger partial charge in [0, 0.05) is 24.0 Å². The number of hydrogen-bond donors (Lipinski definition) is 3. The van der Waals surface area contributed by atoms with Crippen molar-refractivity contribution in [1.29, 1.82) is 0 Å². The molecule has 8 nitrogen and oxygen atoms in total. The van der Waals surface area contributed by atoms with Crippen LogP contribution in [0.4, 0.5) is 26.4 Å². The normalized spacial score (nSPS) is 13.1. The van der Waals surface area contributed by atoms with Gasteiger partial charge in [-0.15, -0.1) is 0 Å². The fraction of sp³-hybridized carbons (Fsp3) is 0.200. The predicted octanol–water partition coefficient (Wildman–Crippen LogP) is 4.75. The van der Waals surface area contributed by atoms with Crippen LogP contribution >= 0.6 is 0 Å². The standard InChI is InChI=1S/C25H23FN6O2/c1-14-5-8-19(26)20(9-14)31-25(34)30-17-4-2-3-16(10-17)22(33)18-12-32(11-15-6-7-15)24-21(18)23(27)28-13-29-24/h2-5,8-10,12-13,15H,6-7,11H2,1H3,(H2,27,28,29)(H2,30,31,34). The predicted molar refractivity (Wildman–Crippen MR) is 128 cm³/mol. The Labute approximate surface area is 195 Å². The lowest BCUT2D eigenvalue weighted by Crippen LogP contribution is -2.20. The fourth-order valence-electron chi connectivity index (χ4n) is 3.95. The lowest BCUT2D eigenvalue weighted by molar-refractivity contribution is 0.104. The number of carbonyl (C=O) groups is 2. The number of nitrogens with zero attached hydrogens (tertiary/aromatic N) is 3. The highest BCUT2D eigenvalue weighted by molar-refractivity contribution is 6.18. The maximum absolute atomic E-state index is 14.0. The van der Waals surface area contributed by atoms with Crippen molar-refractivity contribution in [2.45, 2.75) is 26.3 Å². The first-order valence-corrected chi connectivity index (χ1v) is 11.0. The SMILES string of the molecule is Cc1ccc(F)c(NC(=O)Nc2cccc(C(=O)c3cn(CC4CC4)c4ncnc(N)c34)c2)c1. The summed E-state index contributed by atoms with van der Waals surface area (Å²) in [5.74, 6) is 0.0395. The van der Waals surface area contributed by atoms with Crippen LogP contribution in [0.1, 0.15) is 34.3 Å².